The summed E-state index contributed by atoms with van der Waals surface area (Å²) in [7, 11) is 0. The van der Waals surface area contributed by atoms with Gasteiger partial charge in [0.1, 0.15) is 5.82 Å². The van der Waals surface area contributed by atoms with Gasteiger partial charge in [-0.2, -0.15) is 0 Å². The van der Waals surface area contributed by atoms with Crippen LogP contribution in [0, 0.1) is 0 Å². The van der Waals surface area contributed by atoms with Gasteiger partial charge in [0.05, 0.1) is 5.56 Å². The van der Waals surface area contributed by atoms with Crippen molar-refractivity contribution >= 4 is 11.7 Å². The van der Waals surface area contributed by atoms with Gasteiger partial charge in [-0.15, -0.1) is 0 Å². The van der Waals surface area contributed by atoms with E-state index in [-0.39, 0.29) is 31.8 Å². The summed E-state index contributed by atoms with van der Waals surface area (Å²) >= 11 is 0. The molecule has 0 aromatic carbocycles. The van der Waals surface area contributed by atoms with Crippen molar-refractivity contribution in [2.45, 2.75) is 31.6 Å². The summed E-state index contributed by atoms with van der Waals surface area (Å²) in [5.41, 5.74) is 1.53. The smallest absolute Gasteiger partial charge is 0.255 e. The lowest BCUT2D eigenvalue weighted by Gasteiger charge is -2.32. The number of carbonyl (C=O) groups is 1. The van der Waals surface area contributed by atoms with Crippen LogP contribution in [0.5, 0.6) is 0 Å². The Morgan fingerprint density at radius 3 is 2.85 bits per heavy atom. The Balaban J connectivity index is 1.74. The van der Waals surface area contributed by atoms with E-state index in [4.69, 9.17) is 0 Å². The number of pyridine rings is 1. The number of likely N-dealkylation sites (tertiary alicyclic amines) is 1. The molecular weight excluding hydrogens is 264 g/mol. The van der Waals surface area contributed by atoms with Crippen LogP contribution in [0.2, 0.25) is 0 Å². The van der Waals surface area contributed by atoms with Gasteiger partial charge < -0.3 is 10.2 Å². The van der Waals surface area contributed by atoms with Gasteiger partial charge >= 0.3 is 0 Å². The van der Waals surface area contributed by atoms with Crippen molar-refractivity contribution in [3.05, 3.63) is 23.4 Å². The van der Waals surface area contributed by atoms with Crippen LogP contribution in [0.15, 0.2) is 12.3 Å². The molecule has 3 heterocycles. The quantitative estimate of drug-likeness (QED) is 0.859. The number of nitrogens with zero attached hydrogens (tertiary/aromatic N) is 2. The lowest BCUT2D eigenvalue weighted by Crippen LogP contribution is -2.42. The van der Waals surface area contributed by atoms with Crippen LogP contribution in [0.4, 0.5) is 14.6 Å². The number of amides is 1. The van der Waals surface area contributed by atoms with Gasteiger partial charge in [0.2, 0.25) is 0 Å². The van der Waals surface area contributed by atoms with Crippen molar-refractivity contribution in [2.75, 3.05) is 25.0 Å². The summed E-state index contributed by atoms with van der Waals surface area (Å²) in [5.74, 6) is -1.99. The van der Waals surface area contributed by atoms with Gasteiger partial charge in [0.15, 0.2) is 0 Å². The number of anilines is 1. The van der Waals surface area contributed by atoms with Gasteiger partial charge in [0.25, 0.3) is 11.8 Å². The molecule has 3 rings (SSSR count). The first kappa shape index (κ1) is 13.3. The first-order chi connectivity index (χ1) is 9.55. The number of fused-ring (bicyclic) bond motifs is 1. The third-order valence-electron chi connectivity index (χ3n) is 3.91. The lowest BCUT2D eigenvalue weighted by atomic mass is 10.0. The summed E-state index contributed by atoms with van der Waals surface area (Å²) in [6.45, 7) is 1.12. The Kier molecular flexibility index (Phi) is 3.31. The van der Waals surface area contributed by atoms with Crippen LogP contribution >= 0.6 is 0 Å². The van der Waals surface area contributed by atoms with Crippen molar-refractivity contribution < 1.29 is 13.6 Å². The zero-order valence-electron chi connectivity index (χ0n) is 11.2. The molecule has 0 saturated carbocycles. The number of hydrogen-bond acceptors (Lipinski definition) is 3. The molecule has 1 aromatic heterocycles. The summed E-state index contributed by atoms with van der Waals surface area (Å²) in [5, 5.41) is 3.18. The minimum Gasteiger partial charge on any atom is -0.370 e. The Morgan fingerprint density at radius 1 is 1.35 bits per heavy atom. The second kappa shape index (κ2) is 5.00. The molecular formula is C14H17F2N3O. The highest BCUT2D eigenvalue weighted by Gasteiger charge is 2.35. The predicted octanol–water partition coefficient (Wildman–Crippen LogP) is 2.31. The number of nitrogens with one attached hydrogen (secondary N) is 1. The third-order valence-corrected chi connectivity index (χ3v) is 3.91. The molecule has 0 radical (unpaired) electrons. The number of rotatable bonds is 1. The van der Waals surface area contributed by atoms with Gasteiger partial charge in [-0.05, 0) is 24.5 Å². The van der Waals surface area contributed by atoms with E-state index in [0.29, 0.717) is 5.56 Å². The van der Waals surface area contributed by atoms with Gasteiger partial charge in [-0.1, -0.05) is 0 Å². The molecule has 2 aliphatic heterocycles. The molecule has 1 aromatic rings. The topological polar surface area (TPSA) is 45.2 Å². The van der Waals surface area contributed by atoms with Crippen LogP contribution in [0.3, 0.4) is 0 Å². The van der Waals surface area contributed by atoms with Crippen LogP contribution in [-0.4, -0.2) is 41.3 Å². The molecule has 0 bridgehead atoms. The van der Waals surface area contributed by atoms with E-state index in [1.807, 2.05) is 6.07 Å². The second-order valence-corrected chi connectivity index (χ2v) is 5.41. The zero-order chi connectivity index (χ0) is 14.2. The molecule has 1 fully saturated rings. The van der Waals surface area contributed by atoms with Crippen LogP contribution in [-0.2, 0) is 6.42 Å². The fraction of sp³-hybridized carbons (Fsp3) is 0.571. The largest absolute Gasteiger partial charge is 0.370 e. The van der Waals surface area contributed by atoms with E-state index in [0.717, 1.165) is 30.8 Å². The Morgan fingerprint density at radius 2 is 2.10 bits per heavy atom. The molecule has 108 valence electrons. The summed E-state index contributed by atoms with van der Waals surface area (Å²) in [6, 6.07) is 1.84. The van der Waals surface area contributed by atoms with E-state index < -0.39 is 5.92 Å². The van der Waals surface area contributed by atoms with Crippen molar-refractivity contribution in [1.29, 1.82) is 0 Å². The standard InChI is InChI=1S/C14H17F2N3O/c15-14(16)3-6-19(7-4-14)13(20)11-8-10-2-1-5-17-12(10)18-9-11/h8-9H,1-7H2,(H,17,18). The average molecular weight is 281 g/mol. The van der Waals surface area contributed by atoms with Crippen molar-refractivity contribution in [3.63, 3.8) is 0 Å². The Hall–Kier alpha value is -1.72. The summed E-state index contributed by atoms with van der Waals surface area (Å²) in [6.07, 6.45) is 2.94. The van der Waals surface area contributed by atoms with Crippen LogP contribution < -0.4 is 5.32 Å². The summed E-state index contributed by atoms with van der Waals surface area (Å²) in [4.78, 5) is 18.1. The highest BCUT2D eigenvalue weighted by Crippen LogP contribution is 2.28. The maximum atomic E-state index is 13.1. The highest BCUT2D eigenvalue weighted by atomic mass is 19.3. The number of aryl methyl sites for hydroxylation is 1. The molecule has 0 unspecified atom stereocenters. The minimum absolute atomic E-state index is 0.112. The fourth-order valence-corrected chi connectivity index (χ4v) is 2.68. The summed E-state index contributed by atoms with van der Waals surface area (Å²) < 4.78 is 26.2. The SMILES string of the molecule is O=C(c1cnc2c(c1)CCCN2)N1CCC(F)(F)CC1. The molecule has 0 aliphatic carbocycles. The van der Waals surface area contributed by atoms with Gasteiger partial charge in [-0.3, -0.25) is 4.79 Å². The second-order valence-electron chi connectivity index (χ2n) is 5.41. The van der Waals surface area contributed by atoms with E-state index in [9.17, 15) is 13.6 Å². The number of carbonyl (C=O) groups excluding carboxylic acids is 1. The maximum absolute atomic E-state index is 13.1. The molecule has 1 amide bonds. The monoisotopic (exact) mass is 281 g/mol. The Bertz CT molecular complexity index is 523. The fourth-order valence-electron chi connectivity index (χ4n) is 2.68. The minimum atomic E-state index is -2.63. The Labute approximate surface area is 116 Å². The third kappa shape index (κ3) is 2.59. The maximum Gasteiger partial charge on any atom is 0.255 e. The number of piperidine rings is 1. The van der Waals surface area contributed by atoms with Crippen LogP contribution in [0.1, 0.15) is 35.2 Å². The number of hydrogen-bond donors (Lipinski definition) is 1. The molecule has 20 heavy (non-hydrogen) atoms. The van der Waals surface area contributed by atoms with Crippen molar-refractivity contribution in [1.82, 2.24) is 9.88 Å². The predicted molar refractivity (Wildman–Crippen MR) is 71.1 cm³/mol. The number of halogens is 2. The molecule has 1 N–H and O–H groups in total. The van der Waals surface area contributed by atoms with E-state index in [1.165, 1.54) is 11.1 Å². The molecule has 0 spiro atoms. The normalized spacial score (nSPS) is 21.0. The first-order valence-corrected chi connectivity index (χ1v) is 6.95. The first-order valence-electron chi connectivity index (χ1n) is 6.95. The van der Waals surface area contributed by atoms with E-state index in [1.54, 1.807) is 0 Å². The van der Waals surface area contributed by atoms with E-state index in [2.05, 4.69) is 10.3 Å². The number of aromatic nitrogens is 1. The van der Waals surface area contributed by atoms with Gasteiger partial charge in [0, 0.05) is 38.7 Å². The molecule has 4 nitrogen and oxygen atoms in total. The van der Waals surface area contributed by atoms with Crippen molar-refractivity contribution in [2.24, 2.45) is 0 Å². The molecule has 6 heteroatoms. The number of alkyl halides is 2. The zero-order valence-corrected chi connectivity index (χ0v) is 11.2. The molecule has 2 aliphatic rings. The highest BCUT2D eigenvalue weighted by molar-refractivity contribution is 5.94. The molecule has 1 saturated heterocycles. The van der Waals surface area contributed by atoms with Crippen LogP contribution in [0.25, 0.3) is 0 Å². The van der Waals surface area contributed by atoms with Crippen molar-refractivity contribution in [3.8, 4) is 0 Å². The van der Waals surface area contributed by atoms with E-state index >= 15 is 0 Å². The lowest BCUT2D eigenvalue weighted by molar-refractivity contribution is -0.0494. The average Bonchev–Trinajstić information content (AvgIpc) is 2.46. The van der Waals surface area contributed by atoms with Gasteiger partial charge in [-0.25, -0.2) is 13.8 Å². The molecule has 0 atom stereocenters.